The molecular weight excluding hydrogens is 334 g/mol. The molecule has 1 N–H and O–H groups in total. The van der Waals surface area contributed by atoms with Crippen LogP contribution in [-0.2, 0) is 11.2 Å². The van der Waals surface area contributed by atoms with Crippen LogP contribution in [0.5, 0.6) is 11.5 Å². The molecule has 118 valence electrons. The van der Waals surface area contributed by atoms with Gasteiger partial charge in [-0.05, 0) is 24.1 Å². The summed E-state index contributed by atoms with van der Waals surface area (Å²) in [5.74, 6) is 1.66. The van der Waals surface area contributed by atoms with Gasteiger partial charge >= 0.3 is 0 Å². The molecular formula is C16H24BrNO3. The van der Waals surface area contributed by atoms with Crippen molar-refractivity contribution in [1.29, 1.82) is 0 Å². The van der Waals surface area contributed by atoms with Crippen LogP contribution < -0.4 is 14.8 Å². The van der Waals surface area contributed by atoms with Crippen LogP contribution in [0.15, 0.2) is 16.6 Å². The van der Waals surface area contributed by atoms with Gasteiger partial charge in [-0.2, -0.15) is 0 Å². The molecule has 1 heterocycles. The maximum absolute atomic E-state index is 5.72. The van der Waals surface area contributed by atoms with Gasteiger partial charge in [-0.15, -0.1) is 0 Å². The Hall–Kier alpha value is -0.780. The van der Waals surface area contributed by atoms with E-state index in [0.717, 1.165) is 42.0 Å². The van der Waals surface area contributed by atoms with Gasteiger partial charge < -0.3 is 19.5 Å². The first kappa shape index (κ1) is 16.6. The van der Waals surface area contributed by atoms with E-state index < -0.39 is 0 Å². The van der Waals surface area contributed by atoms with E-state index in [4.69, 9.17) is 14.2 Å². The van der Waals surface area contributed by atoms with Crippen molar-refractivity contribution >= 4 is 15.9 Å². The Morgan fingerprint density at radius 3 is 2.62 bits per heavy atom. The molecule has 0 unspecified atom stereocenters. The fraction of sp³-hybridized carbons (Fsp3) is 0.625. The van der Waals surface area contributed by atoms with Crippen LogP contribution in [0.4, 0.5) is 0 Å². The van der Waals surface area contributed by atoms with Crippen molar-refractivity contribution in [1.82, 2.24) is 5.32 Å². The summed E-state index contributed by atoms with van der Waals surface area (Å²) >= 11 is 3.60. The third-order valence-electron chi connectivity index (χ3n) is 3.23. The predicted molar refractivity (Wildman–Crippen MR) is 87.4 cm³/mol. The molecule has 0 saturated carbocycles. The zero-order valence-electron chi connectivity index (χ0n) is 12.8. The minimum Gasteiger partial charge on any atom is -0.490 e. The molecule has 1 aromatic rings. The first-order chi connectivity index (χ1) is 10.2. The lowest BCUT2D eigenvalue weighted by molar-refractivity contribution is 0.137. The lowest BCUT2D eigenvalue weighted by Crippen LogP contribution is -2.26. The smallest absolute Gasteiger partial charge is 0.162 e. The third-order valence-corrected chi connectivity index (χ3v) is 3.97. The minimum atomic E-state index is 0.504. The van der Waals surface area contributed by atoms with Gasteiger partial charge in [0, 0.05) is 23.5 Å². The molecule has 0 amide bonds. The molecule has 2 rings (SSSR count). The van der Waals surface area contributed by atoms with E-state index in [0.29, 0.717) is 25.9 Å². The summed E-state index contributed by atoms with van der Waals surface area (Å²) in [6.07, 6.45) is 1.78. The number of fused-ring (bicyclic) bond motifs is 1. The number of halogens is 1. The molecule has 0 spiro atoms. The topological polar surface area (TPSA) is 39.7 Å². The lowest BCUT2D eigenvalue weighted by Gasteiger charge is -2.12. The Labute approximate surface area is 135 Å². The van der Waals surface area contributed by atoms with Crippen molar-refractivity contribution in [3.05, 3.63) is 22.2 Å². The van der Waals surface area contributed by atoms with Gasteiger partial charge in [0.25, 0.3) is 0 Å². The summed E-state index contributed by atoms with van der Waals surface area (Å²) in [7, 11) is 0. The Morgan fingerprint density at radius 1 is 1.19 bits per heavy atom. The maximum Gasteiger partial charge on any atom is 0.162 e. The van der Waals surface area contributed by atoms with Crippen molar-refractivity contribution < 1.29 is 14.2 Å². The van der Waals surface area contributed by atoms with Crippen LogP contribution in [0, 0.1) is 0 Å². The second-order valence-corrected chi connectivity index (χ2v) is 6.27. The minimum absolute atomic E-state index is 0.504. The summed E-state index contributed by atoms with van der Waals surface area (Å²) < 4.78 is 18.1. The molecule has 1 aliphatic rings. The van der Waals surface area contributed by atoms with Crippen LogP contribution in [0.2, 0.25) is 0 Å². The zero-order valence-corrected chi connectivity index (χ0v) is 14.4. The number of hydrogen-bond acceptors (Lipinski definition) is 4. The first-order valence-corrected chi connectivity index (χ1v) is 8.35. The van der Waals surface area contributed by atoms with Gasteiger partial charge in [0.1, 0.15) is 0 Å². The molecule has 0 atom stereocenters. The standard InChI is InChI=1S/C16H24BrNO3/c1-12(2)18-5-9-19-8-4-13-10-15-16(11-14(13)17)21-7-3-6-20-15/h10-12,18H,3-9H2,1-2H3. The molecule has 0 aromatic heterocycles. The van der Waals surface area contributed by atoms with Crippen molar-refractivity contribution in [3.8, 4) is 11.5 Å². The van der Waals surface area contributed by atoms with E-state index in [1.54, 1.807) is 0 Å². The van der Waals surface area contributed by atoms with Gasteiger partial charge in [-0.25, -0.2) is 0 Å². The largest absolute Gasteiger partial charge is 0.490 e. The molecule has 0 bridgehead atoms. The summed E-state index contributed by atoms with van der Waals surface area (Å²) in [6, 6.07) is 4.56. The summed E-state index contributed by atoms with van der Waals surface area (Å²) in [6.45, 7) is 8.03. The Morgan fingerprint density at radius 2 is 1.90 bits per heavy atom. The van der Waals surface area contributed by atoms with E-state index in [1.807, 2.05) is 6.07 Å². The Bertz CT molecular complexity index is 451. The monoisotopic (exact) mass is 357 g/mol. The highest BCUT2D eigenvalue weighted by atomic mass is 79.9. The highest BCUT2D eigenvalue weighted by Gasteiger charge is 2.13. The normalized spacial score (nSPS) is 14.3. The first-order valence-electron chi connectivity index (χ1n) is 7.56. The molecule has 0 radical (unpaired) electrons. The molecule has 0 fully saturated rings. The SMILES string of the molecule is CC(C)NCCOCCc1cc2c(cc1Br)OCCCO2. The Kier molecular flexibility index (Phi) is 6.80. The van der Waals surface area contributed by atoms with Gasteiger partial charge in [-0.3, -0.25) is 0 Å². The summed E-state index contributed by atoms with van der Waals surface area (Å²) in [5.41, 5.74) is 1.19. The predicted octanol–water partition coefficient (Wildman–Crippen LogP) is 3.17. The van der Waals surface area contributed by atoms with Crippen LogP contribution >= 0.6 is 15.9 Å². The van der Waals surface area contributed by atoms with E-state index in [1.165, 1.54) is 5.56 Å². The van der Waals surface area contributed by atoms with Gasteiger partial charge in [0.05, 0.1) is 26.4 Å². The molecule has 1 aromatic carbocycles. The van der Waals surface area contributed by atoms with Crippen molar-refractivity contribution in [2.45, 2.75) is 32.7 Å². The molecule has 0 saturated heterocycles. The van der Waals surface area contributed by atoms with Gasteiger partial charge in [0.2, 0.25) is 0 Å². The Balaban J connectivity index is 1.81. The third kappa shape index (κ3) is 5.49. The van der Waals surface area contributed by atoms with E-state index in [-0.39, 0.29) is 0 Å². The van der Waals surface area contributed by atoms with Crippen LogP contribution in [0.1, 0.15) is 25.8 Å². The van der Waals surface area contributed by atoms with E-state index >= 15 is 0 Å². The van der Waals surface area contributed by atoms with Gasteiger partial charge in [-0.1, -0.05) is 29.8 Å². The number of ether oxygens (including phenoxy) is 3. The molecule has 4 nitrogen and oxygen atoms in total. The quantitative estimate of drug-likeness (QED) is 0.760. The summed E-state index contributed by atoms with van der Waals surface area (Å²) in [5, 5.41) is 3.33. The highest BCUT2D eigenvalue weighted by molar-refractivity contribution is 9.10. The van der Waals surface area contributed by atoms with Crippen LogP contribution in [-0.4, -0.2) is 39.0 Å². The lowest BCUT2D eigenvalue weighted by atomic mass is 10.1. The van der Waals surface area contributed by atoms with Crippen molar-refractivity contribution in [3.63, 3.8) is 0 Å². The average Bonchev–Trinajstić information content (AvgIpc) is 2.67. The van der Waals surface area contributed by atoms with E-state index in [2.05, 4.69) is 41.2 Å². The number of rotatable bonds is 7. The zero-order chi connectivity index (χ0) is 15.1. The second kappa shape index (κ2) is 8.61. The fourth-order valence-corrected chi connectivity index (χ4v) is 2.64. The van der Waals surface area contributed by atoms with Crippen molar-refractivity contribution in [2.75, 3.05) is 33.0 Å². The molecule has 21 heavy (non-hydrogen) atoms. The molecule has 0 aliphatic carbocycles. The van der Waals surface area contributed by atoms with Gasteiger partial charge in [0.15, 0.2) is 11.5 Å². The average molecular weight is 358 g/mol. The number of nitrogens with one attached hydrogen (secondary N) is 1. The van der Waals surface area contributed by atoms with Crippen LogP contribution in [0.3, 0.4) is 0 Å². The molecule has 1 aliphatic heterocycles. The maximum atomic E-state index is 5.72. The number of hydrogen-bond donors (Lipinski definition) is 1. The van der Waals surface area contributed by atoms with Crippen molar-refractivity contribution in [2.24, 2.45) is 0 Å². The fourth-order valence-electron chi connectivity index (χ4n) is 2.12. The summed E-state index contributed by atoms with van der Waals surface area (Å²) in [4.78, 5) is 0. The second-order valence-electron chi connectivity index (χ2n) is 5.41. The van der Waals surface area contributed by atoms with E-state index in [9.17, 15) is 0 Å². The van der Waals surface area contributed by atoms with Crippen LogP contribution in [0.25, 0.3) is 0 Å². The molecule has 5 heteroatoms. The number of benzene rings is 1. The highest BCUT2D eigenvalue weighted by Crippen LogP contribution is 2.35.